The van der Waals surface area contributed by atoms with E-state index >= 15 is 0 Å². The van der Waals surface area contributed by atoms with Crippen molar-refractivity contribution in [2.24, 2.45) is 11.1 Å². The van der Waals surface area contributed by atoms with Crippen LogP contribution in [0, 0.1) is 17.0 Å². The van der Waals surface area contributed by atoms with Crippen LogP contribution >= 0.6 is 0 Å². The van der Waals surface area contributed by atoms with Crippen molar-refractivity contribution in [1.82, 2.24) is 0 Å². The summed E-state index contributed by atoms with van der Waals surface area (Å²) in [5.74, 6) is -1.58. The largest absolute Gasteiger partial charge is 0.325 e. The van der Waals surface area contributed by atoms with Gasteiger partial charge in [0.25, 0.3) is 0 Å². The second kappa shape index (κ2) is 5.20. The smallest absolute Gasteiger partial charge is 0.159 e. The van der Waals surface area contributed by atoms with Gasteiger partial charge in [-0.15, -0.1) is 0 Å². The van der Waals surface area contributed by atoms with E-state index in [9.17, 15) is 8.78 Å². The fourth-order valence-corrected chi connectivity index (χ4v) is 2.99. The Labute approximate surface area is 114 Å². The molecule has 0 amide bonds. The van der Waals surface area contributed by atoms with Gasteiger partial charge >= 0.3 is 0 Å². The Balaban J connectivity index is 2.10. The molecule has 0 bridgehead atoms. The Morgan fingerprint density at radius 3 is 2.47 bits per heavy atom. The van der Waals surface area contributed by atoms with Crippen molar-refractivity contribution >= 4 is 0 Å². The molecule has 1 aliphatic rings. The lowest BCUT2D eigenvalue weighted by Crippen LogP contribution is -2.41. The molecule has 1 aliphatic carbocycles. The van der Waals surface area contributed by atoms with Crippen molar-refractivity contribution in [2.75, 3.05) is 0 Å². The zero-order valence-corrected chi connectivity index (χ0v) is 11.8. The molecule has 3 heteroatoms. The summed E-state index contributed by atoms with van der Waals surface area (Å²) in [6.45, 7) is 4.55. The molecule has 0 aliphatic heterocycles. The third-order valence-corrected chi connectivity index (χ3v) is 4.37. The van der Waals surface area contributed by atoms with E-state index in [1.165, 1.54) is 18.6 Å². The second-order valence-electron chi connectivity index (χ2n) is 6.81. The second-order valence-corrected chi connectivity index (χ2v) is 6.81. The van der Waals surface area contributed by atoms with E-state index in [-0.39, 0.29) is 5.54 Å². The first-order chi connectivity index (χ1) is 8.80. The van der Waals surface area contributed by atoms with Gasteiger partial charge in [0, 0.05) is 5.54 Å². The highest BCUT2D eigenvalue weighted by atomic mass is 19.2. The SMILES string of the molecule is CC1(C)CCCC(N)(Cc2ccc(F)c(F)c2)CC1. The molecule has 0 saturated heterocycles. The van der Waals surface area contributed by atoms with Crippen LogP contribution in [0.15, 0.2) is 18.2 Å². The minimum atomic E-state index is -0.795. The molecule has 1 saturated carbocycles. The Hall–Kier alpha value is -0.960. The van der Waals surface area contributed by atoms with Gasteiger partial charge in [0.2, 0.25) is 0 Å². The third-order valence-electron chi connectivity index (χ3n) is 4.37. The fourth-order valence-electron chi connectivity index (χ4n) is 2.99. The fraction of sp³-hybridized carbons (Fsp3) is 0.625. The highest BCUT2D eigenvalue weighted by Gasteiger charge is 2.32. The Kier molecular flexibility index (Phi) is 3.95. The lowest BCUT2D eigenvalue weighted by Gasteiger charge is -2.29. The first-order valence-electron chi connectivity index (χ1n) is 7.03. The molecular formula is C16H23F2N. The summed E-state index contributed by atoms with van der Waals surface area (Å²) in [7, 11) is 0. The maximum Gasteiger partial charge on any atom is 0.159 e. The molecule has 19 heavy (non-hydrogen) atoms. The van der Waals surface area contributed by atoms with Gasteiger partial charge in [-0.05, 0) is 55.2 Å². The van der Waals surface area contributed by atoms with Crippen molar-refractivity contribution in [3.8, 4) is 0 Å². The maximum atomic E-state index is 13.2. The van der Waals surface area contributed by atoms with E-state index < -0.39 is 11.6 Å². The molecule has 0 spiro atoms. The van der Waals surface area contributed by atoms with Crippen molar-refractivity contribution in [3.63, 3.8) is 0 Å². The molecule has 1 aromatic carbocycles. The Bertz CT molecular complexity index is 456. The minimum Gasteiger partial charge on any atom is -0.325 e. The van der Waals surface area contributed by atoms with Gasteiger partial charge in [0.05, 0.1) is 0 Å². The third kappa shape index (κ3) is 3.75. The van der Waals surface area contributed by atoms with Gasteiger partial charge in [0.1, 0.15) is 0 Å². The molecular weight excluding hydrogens is 244 g/mol. The molecule has 2 N–H and O–H groups in total. The van der Waals surface area contributed by atoms with Gasteiger partial charge in [-0.2, -0.15) is 0 Å². The number of nitrogens with two attached hydrogens (primary N) is 1. The van der Waals surface area contributed by atoms with Crippen LogP contribution < -0.4 is 5.73 Å². The Morgan fingerprint density at radius 2 is 1.79 bits per heavy atom. The molecule has 1 nitrogen and oxygen atoms in total. The first-order valence-corrected chi connectivity index (χ1v) is 7.03. The number of rotatable bonds is 2. The van der Waals surface area contributed by atoms with E-state index in [1.54, 1.807) is 6.07 Å². The summed E-state index contributed by atoms with van der Waals surface area (Å²) in [4.78, 5) is 0. The lowest BCUT2D eigenvalue weighted by atomic mass is 9.81. The van der Waals surface area contributed by atoms with E-state index in [1.807, 2.05) is 0 Å². The van der Waals surface area contributed by atoms with Crippen LogP contribution in [0.25, 0.3) is 0 Å². The van der Waals surface area contributed by atoms with Crippen LogP contribution in [-0.4, -0.2) is 5.54 Å². The standard InChI is InChI=1S/C16H23F2N/c1-15(2)6-3-7-16(19,9-8-15)11-12-4-5-13(17)14(18)10-12/h4-5,10H,3,6-9,11,19H2,1-2H3. The maximum absolute atomic E-state index is 13.2. The van der Waals surface area contributed by atoms with Crippen LogP contribution in [0.2, 0.25) is 0 Å². The van der Waals surface area contributed by atoms with Crippen LogP contribution in [0.4, 0.5) is 8.78 Å². The van der Waals surface area contributed by atoms with E-state index in [0.717, 1.165) is 31.2 Å². The molecule has 0 heterocycles. The predicted molar refractivity (Wildman–Crippen MR) is 73.8 cm³/mol. The molecule has 1 aromatic rings. The van der Waals surface area contributed by atoms with Crippen LogP contribution in [-0.2, 0) is 6.42 Å². The van der Waals surface area contributed by atoms with E-state index in [0.29, 0.717) is 11.8 Å². The average Bonchev–Trinajstić information content (AvgIpc) is 2.44. The lowest BCUT2D eigenvalue weighted by molar-refractivity contribution is 0.297. The topological polar surface area (TPSA) is 26.0 Å². The van der Waals surface area contributed by atoms with Gasteiger partial charge in [-0.3, -0.25) is 0 Å². The normalized spacial score (nSPS) is 27.0. The number of halogens is 2. The summed E-state index contributed by atoms with van der Waals surface area (Å²) in [6, 6.07) is 4.11. The number of benzene rings is 1. The van der Waals surface area contributed by atoms with Crippen molar-refractivity contribution in [1.29, 1.82) is 0 Å². The van der Waals surface area contributed by atoms with Crippen molar-refractivity contribution in [2.45, 2.75) is 57.9 Å². The molecule has 1 unspecified atom stereocenters. The van der Waals surface area contributed by atoms with Gasteiger partial charge in [-0.1, -0.05) is 26.3 Å². The molecule has 106 valence electrons. The predicted octanol–water partition coefficient (Wildman–Crippen LogP) is 4.20. The zero-order chi connectivity index (χ0) is 14.1. The molecule has 2 rings (SSSR count). The highest BCUT2D eigenvalue weighted by molar-refractivity contribution is 5.20. The van der Waals surface area contributed by atoms with E-state index in [2.05, 4.69) is 13.8 Å². The summed E-state index contributed by atoms with van der Waals surface area (Å²) < 4.78 is 26.2. The molecule has 0 aromatic heterocycles. The monoisotopic (exact) mass is 267 g/mol. The van der Waals surface area contributed by atoms with Crippen LogP contribution in [0.3, 0.4) is 0 Å². The summed E-state index contributed by atoms with van der Waals surface area (Å²) in [5.41, 5.74) is 7.34. The van der Waals surface area contributed by atoms with Crippen molar-refractivity contribution in [3.05, 3.63) is 35.4 Å². The summed E-state index contributed by atoms with van der Waals surface area (Å²) in [6.07, 6.45) is 5.90. The Morgan fingerprint density at radius 1 is 1.05 bits per heavy atom. The molecule has 1 atom stereocenters. The average molecular weight is 267 g/mol. The van der Waals surface area contributed by atoms with Crippen LogP contribution in [0.1, 0.15) is 51.5 Å². The minimum absolute atomic E-state index is 0.280. The van der Waals surface area contributed by atoms with E-state index in [4.69, 9.17) is 5.73 Å². The summed E-state index contributed by atoms with van der Waals surface area (Å²) in [5, 5.41) is 0. The highest BCUT2D eigenvalue weighted by Crippen LogP contribution is 2.38. The molecule has 1 fully saturated rings. The summed E-state index contributed by atoms with van der Waals surface area (Å²) >= 11 is 0. The quantitative estimate of drug-likeness (QED) is 0.799. The van der Waals surface area contributed by atoms with Crippen molar-refractivity contribution < 1.29 is 8.78 Å². The van der Waals surface area contributed by atoms with Gasteiger partial charge in [-0.25, -0.2) is 8.78 Å². The van der Waals surface area contributed by atoms with Crippen LogP contribution in [0.5, 0.6) is 0 Å². The zero-order valence-electron chi connectivity index (χ0n) is 11.8. The first kappa shape index (κ1) is 14.4. The number of hydrogen-bond acceptors (Lipinski definition) is 1. The van der Waals surface area contributed by atoms with Gasteiger partial charge in [0.15, 0.2) is 11.6 Å². The molecule has 0 radical (unpaired) electrons. The van der Waals surface area contributed by atoms with Gasteiger partial charge < -0.3 is 5.73 Å². The number of hydrogen-bond donors (Lipinski definition) is 1.